The fourth-order valence-corrected chi connectivity index (χ4v) is 3.61. The number of para-hydroxylation sites is 1. The van der Waals surface area contributed by atoms with Gasteiger partial charge in [0.25, 0.3) is 0 Å². The predicted molar refractivity (Wildman–Crippen MR) is 91.5 cm³/mol. The Labute approximate surface area is 139 Å². The van der Waals surface area contributed by atoms with Crippen molar-refractivity contribution >= 4 is 5.91 Å². The molecule has 4 heteroatoms. The third-order valence-corrected chi connectivity index (χ3v) is 5.06. The highest BCUT2D eigenvalue weighted by Crippen LogP contribution is 2.25. The van der Waals surface area contributed by atoms with Gasteiger partial charge in [-0.1, -0.05) is 37.5 Å². The normalized spacial score (nSPS) is 20.4. The molecule has 126 valence electrons. The number of hydrogen-bond acceptors (Lipinski definition) is 3. The fraction of sp³-hybridized carbons (Fsp3) is 0.632. The van der Waals surface area contributed by atoms with E-state index in [4.69, 9.17) is 4.74 Å². The summed E-state index contributed by atoms with van der Waals surface area (Å²) in [6.07, 6.45) is 5.97. The van der Waals surface area contributed by atoms with Gasteiger partial charge in [0.1, 0.15) is 12.4 Å². The quantitative estimate of drug-likeness (QED) is 0.837. The van der Waals surface area contributed by atoms with Gasteiger partial charge >= 0.3 is 0 Å². The molecule has 3 rings (SSSR count). The molecule has 2 fully saturated rings. The van der Waals surface area contributed by atoms with Crippen LogP contribution in [0.5, 0.6) is 5.75 Å². The second-order valence-corrected chi connectivity index (χ2v) is 6.66. The van der Waals surface area contributed by atoms with Crippen molar-refractivity contribution in [3.63, 3.8) is 0 Å². The molecule has 1 aliphatic heterocycles. The largest absolute Gasteiger partial charge is 0.492 e. The molecule has 1 aromatic carbocycles. The summed E-state index contributed by atoms with van der Waals surface area (Å²) in [4.78, 5) is 17.0. The average molecular weight is 316 g/mol. The zero-order valence-corrected chi connectivity index (χ0v) is 14.0. The van der Waals surface area contributed by atoms with Crippen molar-refractivity contribution in [2.24, 2.45) is 5.92 Å². The summed E-state index contributed by atoms with van der Waals surface area (Å²) in [5, 5.41) is 0. The maximum atomic E-state index is 12.5. The summed E-state index contributed by atoms with van der Waals surface area (Å²) in [5.74, 6) is 1.64. The Bertz CT molecular complexity index is 477. The number of piperazine rings is 1. The van der Waals surface area contributed by atoms with Gasteiger partial charge in [-0.2, -0.15) is 0 Å². The lowest BCUT2D eigenvalue weighted by atomic mass is 9.88. The summed E-state index contributed by atoms with van der Waals surface area (Å²) in [6, 6.07) is 9.95. The first kappa shape index (κ1) is 16.3. The van der Waals surface area contributed by atoms with Gasteiger partial charge in [0.2, 0.25) is 5.91 Å². The van der Waals surface area contributed by atoms with Crippen LogP contribution in [-0.4, -0.2) is 55.0 Å². The number of rotatable bonds is 5. The summed E-state index contributed by atoms with van der Waals surface area (Å²) in [7, 11) is 0. The maximum absolute atomic E-state index is 12.5. The standard InChI is InChI=1S/C19H28N2O2/c22-19(17-7-3-1-4-8-17)21-13-11-20(12-14-21)15-16-23-18-9-5-2-6-10-18/h2,5-6,9-10,17H,1,3-4,7-8,11-16H2. The molecule has 0 aromatic heterocycles. The molecular formula is C19H28N2O2. The fourth-order valence-electron chi connectivity index (χ4n) is 3.61. The molecule has 0 atom stereocenters. The van der Waals surface area contributed by atoms with Crippen LogP contribution in [-0.2, 0) is 4.79 Å². The molecule has 1 aliphatic carbocycles. The van der Waals surface area contributed by atoms with E-state index in [0.717, 1.165) is 51.3 Å². The lowest BCUT2D eigenvalue weighted by molar-refractivity contribution is -0.138. The average Bonchev–Trinajstić information content (AvgIpc) is 2.63. The number of ether oxygens (including phenoxy) is 1. The van der Waals surface area contributed by atoms with E-state index in [1.807, 2.05) is 30.3 Å². The van der Waals surface area contributed by atoms with Gasteiger partial charge in [-0.3, -0.25) is 9.69 Å². The zero-order valence-electron chi connectivity index (χ0n) is 14.0. The Morgan fingerprint density at radius 3 is 2.39 bits per heavy atom. The molecule has 0 radical (unpaired) electrons. The highest BCUT2D eigenvalue weighted by atomic mass is 16.5. The van der Waals surface area contributed by atoms with Crippen LogP contribution in [0.2, 0.25) is 0 Å². The van der Waals surface area contributed by atoms with Crippen LogP contribution in [0.25, 0.3) is 0 Å². The minimum absolute atomic E-state index is 0.303. The van der Waals surface area contributed by atoms with Crippen LogP contribution in [0, 0.1) is 5.92 Å². The molecule has 1 aromatic rings. The Kier molecular flexibility index (Phi) is 5.92. The van der Waals surface area contributed by atoms with Crippen molar-refractivity contribution < 1.29 is 9.53 Å². The summed E-state index contributed by atoms with van der Waals surface area (Å²) in [5.41, 5.74) is 0. The number of carbonyl (C=O) groups is 1. The lowest BCUT2D eigenvalue weighted by Crippen LogP contribution is -2.51. The second-order valence-electron chi connectivity index (χ2n) is 6.66. The maximum Gasteiger partial charge on any atom is 0.225 e. The van der Waals surface area contributed by atoms with Crippen LogP contribution in [0.4, 0.5) is 0 Å². The van der Waals surface area contributed by atoms with Gasteiger partial charge in [0, 0.05) is 38.6 Å². The zero-order chi connectivity index (χ0) is 15.9. The summed E-state index contributed by atoms with van der Waals surface area (Å²) < 4.78 is 5.76. The van der Waals surface area contributed by atoms with Crippen LogP contribution in [0.3, 0.4) is 0 Å². The Morgan fingerprint density at radius 2 is 1.70 bits per heavy atom. The molecule has 0 N–H and O–H groups in total. The minimum Gasteiger partial charge on any atom is -0.492 e. The number of carbonyl (C=O) groups excluding carboxylic acids is 1. The SMILES string of the molecule is O=C(C1CCCCC1)N1CCN(CCOc2ccccc2)CC1. The lowest BCUT2D eigenvalue weighted by Gasteiger charge is -2.37. The van der Waals surface area contributed by atoms with Crippen molar-refractivity contribution in [1.29, 1.82) is 0 Å². The first-order valence-electron chi connectivity index (χ1n) is 9.02. The van der Waals surface area contributed by atoms with Crippen molar-refractivity contribution in [1.82, 2.24) is 9.80 Å². The topological polar surface area (TPSA) is 32.8 Å². The highest BCUT2D eigenvalue weighted by molar-refractivity contribution is 5.79. The molecule has 2 aliphatic rings. The van der Waals surface area contributed by atoms with E-state index < -0.39 is 0 Å². The molecule has 0 spiro atoms. The van der Waals surface area contributed by atoms with Gasteiger partial charge < -0.3 is 9.64 Å². The van der Waals surface area contributed by atoms with Gasteiger partial charge in [0.05, 0.1) is 0 Å². The summed E-state index contributed by atoms with van der Waals surface area (Å²) in [6.45, 7) is 5.33. The minimum atomic E-state index is 0.303. The van der Waals surface area contributed by atoms with Crippen LogP contribution in [0.15, 0.2) is 30.3 Å². The van der Waals surface area contributed by atoms with Crippen LogP contribution < -0.4 is 4.74 Å². The van der Waals surface area contributed by atoms with Crippen molar-refractivity contribution in [3.05, 3.63) is 30.3 Å². The molecular weight excluding hydrogens is 288 g/mol. The molecule has 1 saturated carbocycles. The van der Waals surface area contributed by atoms with Crippen molar-refractivity contribution in [2.45, 2.75) is 32.1 Å². The Morgan fingerprint density at radius 1 is 1.00 bits per heavy atom. The Balaban J connectivity index is 1.36. The summed E-state index contributed by atoms with van der Waals surface area (Å²) >= 11 is 0. The van der Waals surface area contributed by atoms with E-state index in [-0.39, 0.29) is 0 Å². The van der Waals surface area contributed by atoms with E-state index >= 15 is 0 Å². The van der Waals surface area contributed by atoms with E-state index in [2.05, 4.69) is 9.80 Å². The molecule has 0 bridgehead atoms. The number of nitrogens with zero attached hydrogens (tertiary/aromatic N) is 2. The molecule has 1 saturated heterocycles. The highest BCUT2D eigenvalue weighted by Gasteiger charge is 2.28. The third kappa shape index (κ3) is 4.71. The van der Waals surface area contributed by atoms with Crippen molar-refractivity contribution in [3.8, 4) is 5.75 Å². The molecule has 4 nitrogen and oxygen atoms in total. The molecule has 0 unspecified atom stereocenters. The smallest absolute Gasteiger partial charge is 0.225 e. The molecule has 1 amide bonds. The van der Waals surface area contributed by atoms with Gasteiger partial charge in [-0.25, -0.2) is 0 Å². The van der Waals surface area contributed by atoms with Crippen LogP contribution >= 0.6 is 0 Å². The van der Waals surface area contributed by atoms with Gasteiger partial charge in [-0.05, 0) is 25.0 Å². The monoisotopic (exact) mass is 316 g/mol. The first-order chi connectivity index (χ1) is 11.3. The molecule has 1 heterocycles. The first-order valence-corrected chi connectivity index (χ1v) is 9.02. The van der Waals surface area contributed by atoms with E-state index in [0.29, 0.717) is 18.4 Å². The van der Waals surface area contributed by atoms with Gasteiger partial charge in [-0.15, -0.1) is 0 Å². The van der Waals surface area contributed by atoms with Crippen LogP contribution in [0.1, 0.15) is 32.1 Å². The number of hydrogen-bond donors (Lipinski definition) is 0. The van der Waals surface area contributed by atoms with Gasteiger partial charge in [0.15, 0.2) is 0 Å². The number of amides is 1. The predicted octanol–water partition coefficient (Wildman–Crippen LogP) is 2.79. The molecule has 23 heavy (non-hydrogen) atoms. The van der Waals surface area contributed by atoms with E-state index in [9.17, 15) is 4.79 Å². The van der Waals surface area contributed by atoms with E-state index in [1.165, 1.54) is 19.3 Å². The number of benzene rings is 1. The third-order valence-electron chi connectivity index (χ3n) is 5.06. The van der Waals surface area contributed by atoms with Crippen molar-refractivity contribution in [2.75, 3.05) is 39.3 Å². The second kappa shape index (κ2) is 8.34. The Hall–Kier alpha value is -1.55. The van der Waals surface area contributed by atoms with E-state index in [1.54, 1.807) is 0 Å².